The van der Waals surface area contributed by atoms with Crippen LogP contribution in [0.4, 0.5) is 0 Å². The topological polar surface area (TPSA) is 80.3 Å². The zero-order valence-electron chi connectivity index (χ0n) is 11.5. The molecule has 1 amide bonds. The molecule has 118 valence electrons. The summed E-state index contributed by atoms with van der Waals surface area (Å²) in [4.78, 5) is 11.9. The van der Waals surface area contributed by atoms with Gasteiger partial charge in [0, 0.05) is 50.6 Å². The molecule has 1 rings (SSSR count). The molecule has 1 atom stereocenters. The molecule has 0 saturated carbocycles. The molecule has 5 nitrogen and oxygen atoms in total. The molecule has 1 N–H and O–H groups in total. The normalized spacial score (nSPS) is 13.0. The Morgan fingerprint density at radius 2 is 2.00 bits per heavy atom. The van der Waals surface area contributed by atoms with Crippen molar-refractivity contribution < 1.29 is 17.4 Å². The molecule has 0 heterocycles. The smallest absolute Gasteiger partial charge is 0.261 e. The van der Waals surface area contributed by atoms with Crippen molar-refractivity contribution >= 4 is 48.0 Å². The summed E-state index contributed by atoms with van der Waals surface area (Å²) >= 11 is 5.83. The first-order valence-electron chi connectivity index (χ1n) is 5.96. The molecule has 0 saturated heterocycles. The van der Waals surface area contributed by atoms with Crippen LogP contribution in [0, 0.1) is 6.92 Å². The third-order valence-corrected chi connectivity index (χ3v) is 5.26. The highest BCUT2D eigenvalue weighted by molar-refractivity contribution is 8.13. The maximum atomic E-state index is 12.1. The Labute approximate surface area is 135 Å². The van der Waals surface area contributed by atoms with Crippen molar-refractivity contribution in [3.05, 3.63) is 28.3 Å². The van der Waals surface area contributed by atoms with Gasteiger partial charge >= 0.3 is 0 Å². The van der Waals surface area contributed by atoms with Gasteiger partial charge in [0.15, 0.2) is 0 Å². The summed E-state index contributed by atoms with van der Waals surface area (Å²) in [6.07, 6.45) is 2.15. The maximum absolute atomic E-state index is 12.1. The van der Waals surface area contributed by atoms with Gasteiger partial charge in [-0.1, -0.05) is 11.6 Å². The van der Waals surface area contributed by atoms with Gasteiger partial charge in [-0.3, -0.25) is 9.00 Å². The zero-order valence-corrected chi connectivity index (χ0v) is 14.6. The van der Waals surface area contributed by atoms with Crippen molar-refractivity contribution in [1.29, 1.82) is 0 Å². The average Bonchev–Trinajstić information content (AvgIpc) is 2.35. The molecule has 0 aliphatic heterocycles. The molecular formula is C12H15Cl2NO4S2. The van der Waals surface area contributed by atoms with E-state index >= 15 is 0 Å². The lowest BCUT2D eigenvalue weighted by molar-refractivity contribution is 0.0953. The monoisotopic (exact) mass is 371 g/mol. The first-order valence-corrected chi connectivity index (χ1v) is 10.4. The summed E-state index contributed by atoms with van der Waals surface area (Å²) in [5.41, 5.74) is 0.394. The molecule has 1 aromatic rings. The Bertz CT molecular complexity index is 674. The van der Waals surface area contributed by atoms with E-state index in [1.165, 1.54) is 19.1 Å². The molecule has 0 radical (unpaired) electrons. The SMILES string of the molecule is Cc1c(C(=O)NCCCS(C)=O)cc(Cl)cc1S(=O)(=O)Cl. The van der Waals surface area contributed by atoms with Gasteiger partial charge in [0.25, 0.3) is 15.0 Å². The number of carbonyl (C=O) groups is 1. The lowest BCUT2D eigenvalue weighted by Gasteiger charge is -2.11. The van der Waals surface area contributed by atoms with E-state index in [9.17, 15) is 17.4 Å². The molecule has 21 heavy (non-hydrogen) atoms. The van der Waals surface area contributed by atoms with E-state index in [-0.39, 0.29) is 21.0 Å². The number of nitrogens with one attached hydrogen (secondary N) is 1. The predicted molar refractivity (Wildman–Crippen MR) is 85.1 cm³/mol. The number of benzene rings is 1. The van der Waals surface area contributed by atoms with Crippen LogP contribution in [0.1, 0.15) is 22.3 Å². The highest BCUT2D eigenvalue weighted by Gasteiger charge is 2.20. The molecule has 1 aromatic carbocycles. The summed E-state index contributed by atoms with van der Waals surface area (Å²) in [5, 5.41) is 2.74. The van der Waals surface area contributed by atoms with E-state index in [1.807, 2.05) is 0 Å². The first kappa shape index (κ1) is 18.4. The molecule has 0 bridgehead atoms. The molecule has 0 aromatic heterocycles. The van der Waals surface area contributed by atoms with Crippen LogP contribution in [-0.4, -0.2) is 37.1 Å². The number of halogens is 2. The van der Waals surface area contributed by atoms with E-state index in [0.717, 1.165) is 0 Å². The van der Waals surface area contributed by atoms with Gasteiger partial charge in [-0.2, -0.15) is 0 Å². The summed E-state index contributed by atoms with van der Waals surface area (Å²) in [6, 6.07) is 2.59. The van der Waals surface area contributed by atoms with Crippen LogP contribution >= 0.6 is 22.3 Å². The van der Waals surface area contributed by atoms with E-state index in [4.69, 9.17) is 22.3 Å². The lowest BCUT2D eigenvalue weighted by atomic mass is 10.1. The lowest BCUT2D eigenvalue weighted by Crippen LogP contribution is -2.26. The Morgan fingerprint density at radius 3 is 2.52 bits per heavy atom. The van der Waals surface area contributed by atoms with Crippen molar-refractivity contribution in [2.24, 2.45) is 0 Å². The number of hydrogen-bond acceptors (Lipinski definition) is 4. The van der Waals surface area contributed by atoms with Crippen LogP contribution in [0.25, 0.3) is 0 Å². The zero-order chi connectivity index (χ0) is 16.2. The maximum Gasteiger partial charge on any atom is 0.261 e. The van der Waals surface area contributed by atoms with Crippen molar-refractivity contribution in [1.82, 2.24) is 5.32 Å². The Morgan fingerprint density at radius 1 is 1.38 bits per heavy atom. The van der Waals surface area contributed by atoms with Crippen molar-refractivity contribution in [3.8, 4) is 0 Å². The van der Waals surface area contributed by atoms with Gasteiger partial charge in [-0.25, -0.2) is 8.42 Å². The number of rotatable bonds is 6. The van der Waals surface area contributed by atoms with Crippen LogP contribution in [-0.2, 0) is 19.9 Å². The van der Waals surface area contributed by atoms with Gasteiger partial charge in [-0.05, 0) is 31.0 Å². The highest BCUT2D eigenvalue weighted by atomic mass is 35.7. The van der Waals surface area contributed by atoms with Crippen molar-refractivity contribution in [2.45, 2.75) is 18.2 Å². The molecule has 9 heteroatoms. The first-order chi connectivity index (χ1) is 9.62. The fourth-order valence-electron chi connectivity index (χ4n) is 1.72. The molecular weight excluding hydrogens is 357 g/mol. The Balaban J connectivity index is 2.95. The van der Waals surface area contributed by atoms with Gasteiger partial charge < -0.3 is 5.32 Å². The van der Waals surface area contributed by atoms with E-state index in [0.29, 0.717) is 18.7 Å². The third-order valence-electron chi connectivity index (χ3n) is 2.73. The quantitative estimate of drug-likeness (QED) is 0.612. The second-order valence-electron chi connectivity index (χ2n) is 4.40. The summed E-state index contributed by atoms with van der Waals surface area (Å²) < 4.78 is 33.8. The summed E-state index contributed by atoms with van der Waals surface area (Å²) in [7, 11) is 0.424. The number of amides is 1. The third kappa shape index (κ3) is 5.58. The average molecular weight is 372 g/mol. The van der Waals surface area contributed by atoms with Crippen LogP contribution in [0.15, 0.2) is 17.0 Å². The molecule has 0 fully saturated rings. The van der Waals surface area contributed by atoms with E-state index < -0.39 is 25.8 Å². The standard InChI is InChI=1S/C12H15Cl2NO4S2/c1-8-10(12(16)15-4-3-5-20(2)17)6-9(13)7-11(8)21(14,18)19/h6-7H,3-5H2,1-2H3,(H,15,16). The number of carbonyl (C=O) groups excluding carboxylic acids is 1. The van der Waals surface area contributed by atoms with Gasteiger partial charge in [0.05, 0.1) is 4.90 Å². The Hall–Kier alpha value is -0.630. The minimum Gasteiger partial charge on any atom is -0.352 e. The molecule has 0 spiro atoms. The van der Waals surface area contributed by atoms with Crippen LogP contribution < -0.4 is 5.32 Å². The van der Waals surface area contributed by atoms with Crippen LogP contribution in [0.2, 0.25) is 5.02 Å². The van der Waals surface area contributed by atoms with Crippen molar-refractivity contribution in [3.63, 3.8) is 0 Å². The van der Waals surface area contributed by atoms with Gasteiger partial charge in [0.1, 0.15) is 0 Å². The number of hydrogen-bond donors (Lipinski definition) is 1. The van der Waals surface area contributed by atoms with Crippen LogP contribution in [0.5, 0.6) is 0 Å². The minimum absolute atomic E-state index is 0.111. The second kappa shape index (κ2) is 7.58. The summed E-state index contributed by atoms with van der Waals surface area (Å²) in [6.45, 7) is 1.83. The van der Waals surface area contributed by atoms with Gasteiger partial charge in [0.2, 0.25) is 0 Å². The second-order valence-corrected chi connectivity index (χ2v) is 8.93. The Kier molecular flexibility index (Phi) is 6.65. The predicted octanol–water partition coefficient (Wildman–Crippen LogP) is 2.07. The van der Waals surface area contributed by atoms with Crippen molar-refractivity contribution in [2.75, 3.05) is 18.6 Å². The van der Waals surface area contributed by atoms with Crippen LogP contribution in [0.3, 0.4) is 0 Å². The molecule has 1 unspecified atom stereocenters. The molecule has 0 aliphatic rings. The minimum atomic E-state index is -3.98. The van der Waals surface area contributed by atoms with E-state index in [1.54, 1.807) is 6.26 Å². The fraction of sp³-hybridized carbons (Fsp3) is 0.417. The fourth-order valence-corrected chi connectivity index (χ4v) is 3.77. The van der Waals surface area contributed by atoms with E-state index in [2.05, 4.69) is 5.32 Å². The highest BCUT2D eigenvalue weighted by Crippen LogP contribution is 2.26. The largest absolute Gasteiger partial charge is 0.352 e. The van der Waals surface area contributed by atoms with Gasteiger partial charge in [-0.15, -0.1) is 0 Å². The molecule has 0 aliphatic carbocycles. The summed E-state index contributed by atoms with van der Waals surface area (Å²) in [5.74, 6) is 0.0364.